The summed E-state index contributed by atoms with van der Waals surface area (Å²) in [6.45, 7) is 1.13. The van der Waals surface area contributed by atoms with Crippen molar-refractivity contribution in [2.75, 3.05) is 0 Å². The third kappa shape index (κ3) is 4.00. The van der Waals surface area contributed by atoms with Crippen LogP contribution in [0.5, 0.6) is 0 Å². The summed E-state index contributed by atoms with van der Waals surface area (Å²) < 4.78 is 0.997. The van der Waals surface area contributed by atoms with E-state index >= 15 is 0 Å². The second kappa shape index (κ2) is 7.69. The molecule has 1 heterocycles. The predicted molar refractivity (Wildman–Crippen MR) is 96.6 cm³/mol. The first-order valence-electron chi connectivity index (χ1n) is 8.21. The Balaban J connectivity index is 1.74. The van der Waals surface area contributed by atoms with E-state index in [4.69, 9.17) is 0 Å². The largest absolute Gasteiger partial charge is 0.344 e. The molecule has 0 aliphatic carbocycles. The molecule has 2 aromatic carbocycles. The summed E-state index contributed by atoms with van der Waals surface area (Å²) in [6.07, 6.45) is 0.389. The quantitative estimate of drug-likeness (QED) is 0.719. The van der Waals surface area contributed by atoms with Crippen molar-refractivity contribution in [3.05, 3.63) is 70.5 Å². The number of nitrogens with zero attached hydrogens (tertiary/aromatic N) is 3. The van der Waals surface area contributed by atoms with Gasteiger partial charge in [-0.3, -0.25) is 14.4 Å². The standard InChI is InChI=1S/C19H18N4O3/c1-13(24)17(11-14-7-3-2-4-8-14)20-18(25)12-23-19(26)15-9-5-6-10-16(15)21-22-23/h2-10,17H,11-12H2,1H3,(H,20,25)/t17-/m1/s1. The molecule has 1 atom stereocenters. The van der Waals surface area contributed by atoms with Crippen LogP contribution in [-0.2, 0) is 22.6 Å². The van der Waals surface area contributed by atoms with Crippen LogP contribution in [0.25, 0.3) is 10.9 Å². The molecule has 0 unspecified atom stereocenters. The Morgan fingerprint density at radius 1 is 1.08 bits per heavy atom. The monoisotopic (exact) mass is 350 g/mol. The maximum Gasteiger partial charge on any atom is 0.278 e. The highest BCUT2D eigenvalue weighted by molar-refractivity contribution is 5.87. The average Bonchev–Trinajstić information content (AvgIpc) is 2.64. The maximum absolute atomic E-state index is 12.4. The van der Waals surface area contributed by atoms with Crippen LogP contribution in [0.4, 0.5) is 0 Å². The van der Waals surface area contributed by atoms with Gasteiger partial charge in [0.2, 0.25) is 5.91 Å². The molecule has 7 heteroatoms. The lowest BCUT2D eigenvalue weighted by molar-refractivity contribution is -0.127. The number of aromatic nitrogens is 3. The van der Waals surface area contributed by atoms with Crippen molar-refractivity contribution < 1.29 is 9.59 Å². The van der Waals surface area contributed by atoms with Crippen LogP contribution in [-0.4, -0.2) is 32.7 Å². The van der Waals surface area contributed by atoms with E-state index in [9.17, 15) is 14.4 Å². The van der Waals surface area contributed by atoms with Gasteiger partial charge in [0.15, 0.2) is 5.78 Å². The van der Waals surface area contributed by atoms with Crippen molar-refractivity contribution in [2.24, 2.45) is 0 Å². The molecule has 0 saturated carbocycles. The molecule has 0 fully saturated rings. The molecule has 1 aromatic heterocycles. The van der Waals surface area contributed by atoms with E-state index in [1.165, 1.54) is 6.92 Å². The van der Waals surface area contributed by atoms with Gasteiger partial charge < -0.3 is 5.32 Å². The first-order valence-corrected chi connectivity index (χ1v) is 8.21. The highest BCUT2D eigenvalue weighted by Gasteiger charge is 2.18. The maximum atomic E-state index is 12.4. The third-order valence-electron chi connectivity index (χ3n) is 4.03. The Morgan fingerprint density at radius 3 is 2.50 bits per heavy atom. The number of hydrogen-bond donors (Lipinski definition) is 1. The molecule has 0 saturated heterocycles. The van der Waals surface area contributed by atoms with E-state index in [0.717, 1.165) is 10.2 Å². The predicted octanol–water partition coefficient (Wildman–Crippen LogP) is 1.11. The Kier molecular flexibility index (Phi) is 5.17. The summed E-state index contributed by atoms with van der Waals surface area (Å²) in [7, 11) is 0. The molecule has 0 aliphatic rings. The molecule has 1 N–H and O–H groups in total. The molecule has 3 rings (SSSR count). The van der Waals surface area contributed by atoms with E-state index < -0.39 is 17.5 Å². The van der Waals surface area contributed by atoms with Crippen molar-refractivity contribution in [2.45, 2.75) is 25.9 Å². The van der Waals surface area contributed by atoms with Crippen LogP contribution in [0.1, 0.15) is 12.5 Å². The number of ketones is 1. The van der Waals surface area contributed by atoms with Crippen molar-refractivity contribution in [1.29, 1.82) is 0 Å². The van der Waals surface area contributed by atoms with E-state index in [2.05, 4.69) is 15.6 Å². The lowest BCUT2D eigenvalue weighted by atomic mass is 10.0. The number of carbonyl (C=O) groups excluding carboxylic acids is 2. The van der Waals surface area contributed by atoms with Gasteiger partial charge in [-0.15, -0.1) is 5.10 Å². The van der Waals surface area contributed by atoms with Gasteiger partial charge in [0.05, 0.1) is 11.4 Å². The number of Topliss-reactive ketones (excluding diaryl/α,β-unsaturated/α-hetero) is 1. The molecule has 26 heavy (non-hydrogen) atoms. The van der Waals surface area contributed by atoms with Crippen LogP contribution >= 0.6 is 0 Å². The van der Waals surface area contributed by atoms with Crippen molar-refractivity contribution in [3.8, 4) is 0 Å². The van der Waals surface area contributed by atoms with E-state index in [0.29, 0.717) is 17.3 Å². The smallest absolute Gasteiger partial charge is 0.278 e. The van der Waals surface area contributed by atoms with E-state index in [1.807, 2.05) is 30.3 Å². The highest BCUT2D eigenvalue weighted by Crippen LogP contribution is 2.05. The first kappa shape index (κ1) is 17.5. The zero-order chi connectivity index (χ0) is 18.5. The summed E-state index contributed by atoms with van der Waals surface area (Å²) in [4.78, 5) is 36.6. The molecule has 132 valence electrons. The van der Waals surface area contributed by atoms with Crippen molar-refractivity contribution in [1.82, 2.24) is 20.3 Å². The minimum Gasteiger partial charge on any atom is -0.344 e. The van der Waals surface area contributed by atoms with Crippen LogP contribution in [0.2, 0.25) is 0 Å². The fourth-order valence-electron chi connectivity index (χ4n) is 2.65. The Morgan fingerprint density at radius 2 is 1.77 bits per heavy atom. The van der Waals surface area contributed by atoms with Crippen molar-refractivity contribution >= 4 is 22.6 Å². The summed E-state index contributed by atoms with van der Waals surface area (Å²) in [5.41, 5.74) is 1.02. The SMILES string of the molecule is CC(=O)[C@@H](Cc1ccccc1)NC(=O)Cn1nnc2ccccc2c1=O. The number of rotatable bonds is 6. The normalized spacial score (nSPS) is 11.9. The van der Waals surface area contributed by atoms with E-state index in [1.54, 1.807) is 24.3 Å². The number of fused-ring (bicyclic) bond motifs is 1. The fourth-order valence-corrected chi connectivity index (χ4v) is 2.65. The minimum absolute atomic E-state index is 0.154. The first-order chi connectivity index (χ1) is 12.5. The van der Waals surface area contributed by atoms with Gasteiger partial charge in [0.25, 0.3) is 5.56 Å². The van der Waals surface area contributed by atoms with Gasteiger partial charge in [-0.05, 0) is 31.0 Å². The summed E-state index contributed by atoms with van der Waals surface area (Å²) in [5, 5.41) is 10.8. The van der Waals surface area contributed by atoms with Crippen LogP contribution in [0, 0.1) is 0 Å². The number of carbonyl (C=O) groups is 2. The summed E-state index contributed by atoms with van der Waals surface area (Å²) in [5.74, 6) is -0.619. The Labute approximate surface area is 149 Å². The average molecular weight is 350 g/mol. The molecule has 0 aliphatic heterocycles. The molecule has 0 radical (unpaired) electrons. The summed E-state index contributed by atoms with van der Waals surface area (Å²) in [6, 6.07) is 15.5. The number of nitrogens with one attached hydrogen (secondary N) is 1. The molecule has 7 nitrogen and oxygen atoms in total. The summed E-state index contributed by atoms with van der Waals surface area (Å²) >= 11 is 0. The molecular weight excluding hydrogens is 332 g/mol. The third-order valence-corrected chi connectivity index (χ3v) is 4.03. The Hall–Kier alpha value is -3.35. The minimum atomic E-state index is -0.658. The van der Waals surface area contributed by atoms with Crippen molar-refractivity contribution in [3.63, 3.8) is 0 Å². The second-order valence-corrected chi connectivity index (χ2v) is 5.99. The topological polar surface area (TPSA) is 93.9 Å². The lowest BCUT2D eigenvalue weighted by Crippen LogP contribution is -2.44. The number of hydrogen-bond acceptors (Lipinski definition) is 5. The fraction of sp³-hybridized carbons (Fsp3) is 0.211. The van der Waals surface area contributed by atoms with Gasteiger partial charge in [-0.2, -0.15) is 0 Å². The number of amides is 1. The van der Waals surface area contributed by atoms with Gasteiger partial charge in [-0.25, -0.2) is 4.68 Å². The molecule has 3 aromatic rings. The van der Waals surface area contributed by atoms with Gasteiger partial charge >= 0.3 is 0 Å². The zero-order valence-corrected chi connectivity index (χ0v) is 14.3. The van der Waals surface area contributed by atoms with Crippen LogP contribution in [0.15, 0.2) is 59.4 Å². The Bertz CT molecular complexity index is 998. The molecule has 0 spiro atoms. The second-order valence-electron chi connectivity index (χ2n) is 5.99. The molecule has 1 amide bonds. The van der Waals surface area contributed by atoms with Gasteiger partial charge in [0.1, 0.15) is 12.1 Å². The van der Waals surface area contributed by atoms with Crippen LogP contribution < -0.4 is 10.9 Å². The van der Waals surface area contributed by atoms with Crippen LogP contribution in [0.3, 0.4) is 0 Å². The van der Waals surface area contributed by atoms with E-state index in [-0.39, 0.29) is 12.3 Å². The molecular formula is C19H18N4O3. The lowest BCUT2D eigenvalue weighted by Gasteiger charge is -2.16. The zero-order valence-electron chi connectivity index (χ0n) is 14.3. The highest BCUT2D eigenvalue weighted by atomic mass is 16.2. The van der Waals surface area contributed by atoms with Gasteiger partial charge in [0, 0.05) is 0 Å². The van der Waals surface area contributed by atoms with Gasteiger partial charge in [-0.1, -0.05) is 47.7 Å². The number of benzene rings is 2. The molecule has 0 bridgehead atoms.